The number of fused-ring (bicyclic) bond motifs is 1. The van der Waals surface area contributed by atoms with Crippen molar-refractivity contribution in [2.24, 2.45) is 0 Å². The van der Waals surface area contributed by atoms with Gasteiger partial charge in [-0.05, 0) is 33.2 Å². The first-order valence-electron chi connectivity index (χ1n) is 7.23. The molecule has 2 atom stereocenters. The van der Waals surface area contributed by atoms with Gasteiger partial charge in [-0.2, -0.15) is 0 Å². The Morgan fingerprint density at radius 2 is 2.26 bits per heavy atom. The van der Waals surface area contributed by atoms with Gasteiger partial charge in [-0.1, -0.05) is 0 Å². The maximum Gasteiger partial charge on any atom is 0.218 e. The molecule has 0 aliphatic carbocycles. The Morgan fingerprint density at radius 1 is 1.37 bits per heavy atom. The van der Waals surface area contributed by atoms with E-state index >= 15 is 0 Å². The standard InChI is InChI=1S/C14H22N4O/c1-3-19-14-7-13(15-10-16-14)18-9-12-5-4-6-17(12)8-11(18)2/h7,10-12H,3-6,8-9H2,1-2H3/t11-,12+/m1/s1. The molecular formula is C14H22N4O. The largest absolute Gasteiger partial charge is 0.478 e. The van der Waals surface area contributed by atoms with Crippen LogP contribution in [-0.4, -0.2) is 53.2 Å². The van der Waals surface area contributed by atoms with Gasteiger partial charge < -0.3 is 9.64 Å². The third-order valence-corrected chi connectivity index (χ3v) is 4.15. The SMILES string of the molecule is CCOc1cc(N2C[C@@H]3CCCN3C[C@H]2C)ncn1. The molecular weight excluding hydrogens is 240 g/mol. The summed E-state index contributed by atoms with van der Waals surface area (Å²) in [6, 6.07) is 3.16. The lowest BCUT2D eigenvalue weighted by Gasteiger charge is -2.42. The monoisotopic (exact) mass is 262 g/mol. The van der Waals surface area contributed by atoms with E-state index in [9.17, 15) is 0 Å². The molecule has 0 saturated carbocycles. The first-order valence-corrected chi connectivity index (χ1v) is 7.23. The minimum absolute atomic E-state index is 0.499. The Labute approximate surface area is 114 Å². The molecule has 19 heavy (non-hydrogen) atoms. The molecule has 2 saturated heterocycles. The van der Waals surface area contributed by atoms with Crippen molar-refractivity contribution in [1.29, 1.82) is 0 Å². The van der Waals surface area contributed by atoms with E-state index in [1.165, 1.54) is 19.4 Å². The van der Waals surface area contributed by atoms with E-state index in [4.69, 9.17) is 4.74 Å². The van der Waals surface area contributed by atoms with Gasteiger partial charge in [0.1, 0.15) is 12.1 Å². The Balaban J connectivity index is 1.78. The highest BCUT2D eigenvalue weighted by Gasteiger charge is 2.34. The number of ether oxygens (including phenoxy) is 1. The van der Waals surface area contributed by atoms with Crippen molar-refractivity contribution in [3.63, 3.8) is 0 Å². The van der Waals surface area contributed by atoms with Gasteiger partial charge in [-0.25, -0.2) is 9.97 Å². The average Bonchev–Trinajstić information content (AvgIpc) is 2.85. The summed E-state index contributed by atoms with van der Waals surface area (Å²) in [5.41, 5.74) is 0. The molecule has 3 heterocycles. The van der Waals surface area contributed by atoms with Gasteiger partial charge in [0.05, 0.1) is 6.61 Å². The fraction of sp³-hybridized carbons (Fsp3) is 0.714. The van der Waals surface area contributed by atoms with Gasteiger partial charge in [-0.3, -0.25) is 4.90 Å². The predicted octanol–water partition coefficient (Wildman–Crippen LogP) is 1.55. The van der Waals surface area contributed by atoms with Gasteiger partial charge in [0.25, 0.3) is 0 Å². The van der Waals surface area contributed by atoms with Crippen LogP contribution in [0.25, 0.3) is 0 Å². The lowest BCUT2D eigenvalue weighted by Crippen LogP contribution is -2.55. The highest BCUT2D eigenvalue weighted by atomic mass is 16.5. The number of piperazine rings is 1. The minimum Gasteiger partial charge on any atom is -0.478 e. The lowest BCUT2D eigenvalue weighted by molar-refractivity contribution is 0.202. The zero-order chi connectivity index (χ0) is 13.2. The molecule has 2 fully saturated rings. The molecule has 5 heteroatoms. The first-order chi connectivity index (χ1) is 9.28. The van der Waals surface area contributed by atoms with Crippen molar-refractivity contribution < 1.29 is 4.74 Å². The van der Waals surface area contributed by atoms with Crippen molar-refractivity contribution in [1.82, 2.24) is 14.9 Å². The summed E-state index contributed by atoms with van der Waals surface area (Å²) in [4.78, 5) is 13.6. The van der Waals surface area contributed by atoms with E-state index in [0.717, 1.165) is 18.9 Å². The molecule has 0 aromatic carbocycles. The molecule has 3 rings (SSSR count). The van der Waals surface area contributed by atoms with Gasteiger partial charge >= 0.3 is 0 Å². The molecule has 2 aliphatic heterocycles. The fourth-order valence-corrected chi connectivity index (χ4v) is 3.22. The third-order valence-electron chi connectivity index (χ3n) is 4.15. The maximum absolute atomic E-state index is 5.47. The number of hydrogen-bond acceptors (Lipinski definition) is 5. The summed E-state index contributed by atoms with van der Waals surface area (Å²) in [5, 5.41) is 0. The second kappa shape index (κ2) is 5.33. The number of anilines is 1. The molecule has 0 bridgehead atoms. The van der Waals surface area contributed by atoms with Crippen molar-refractivity contribution in [2.75, 3.05) is 31.1 Å². The second-order valence-electron chi connectivity index (χ2n) is 5.44. The second-order valence-corrected chi connectivity index (χ2v) is 5.44. The number of hydrogen-bond donors (Lipinski definition) is 0. The van der Waals surface area contributed by atoms with Crippen molar-refractivity contribution in [2.45, 2.75) is 38.8 Å². The van der Waals surface area contributed by atoms with E-state index in [0.29, 0.717) is 24.6 Å². The normalized spacial score (nSPS) is 27.4. The van der Waals surface area contributed by atoms with Gasteiger partial charge in [-0.15, -0.1) is 0 Å². The van der Waals surface area contributed by atoms with Crippen LogP contribution >= 0.6 is 0 Å². The topological polar surface area (TPSA) is 41.5 Å². The van der Waals surface area contributed by atoms with E-state index in [2.05, 4.69) is 26.7 Å². The molecule has 5 nitrogen and oxygen atoms in total. The summed E-state index contributed by atoms with van der Waals surface area (Å²) < 4.78 is 5.47. The highest BCUT2D eigenvalue weighted by Crippen LogP contribution is 2.28. The molecule has 0 unspecified atom stereocenters. The molecule has 104 valence electrons. The van der Waals surface area contributed by atoms with Gasteiger partial charge in [0, 0.05) is 31.2 Å². The van der Waals surface area contributed by atoms with E-state index in [1.807, 2.05) is 13.0 Å². The molecule has 1 aromatic heterocycles. The smallest absolute Gasteiger partial charge is 0.218 e. The Hall–Kier alpha value is -1.36. The van der Waals surface area contributed by atoms with Gasteiger partial charge in [0.2, 0.25) is 5.88 Å². The Bertz CT molecular complexity index is 439. The first kappa shape index (κ1) is 12.7. The van der Waals surface area contributed by atoms with Crippen molar-refractivity contribution in [3.8, 4) is 5.88 Å². The molecule has 1 aromatic rings. The molecule has 0 spiro atoms. The Morgan fingerprint density at radius 3 is 3.11 bits per heavy atom. The quantitative estimate of drug-likeness (QED) is 0.826. The van der Waals surface area contributed by atoms with Crippen molar-refractivity contribution in [3.05, 3.63) is 12.4 Å². The van der Waals surface area contributed by atoms with Gasteiger partial charge in [0.15, 0.2) is 0 Å². The molecule has 0 radical (unpaired) electrons. The predicted molar refractivity (Wildman–Crippen MR) is 74.6 cm³/mol. The lowest BCUT2D eigenvalue weighted by atomic mass is 10.1. The van der Waals surface area contributed by atoms with Crippen LogP contribution in [0.3, 0.4) is 0 Å². The van der Waals surface area contributed by atoms with Crippen molar-refractivity contribution >= 4 is 5.82 Å². The van der Waals surface area contributed by atoms with Crippen LogP contribution < -0.4 is 9.64 Å². The highest BCUT2D eigenvalue weighted by molar-refractivity contribution is 5.43. The average molecular weight is 262 g/mol. The number of aromatic nitrogens is 2. The van der Waals surface area contributed by atoms with E-state index in [1.54, 1.807) is 6.33 Å². The third kappa shape index (κ3) is 2.52. The maximum atomic E-state index is 5.47. The number of rotatable bonds is 3. The summed E-state index contributed by atoms with van der Waals surface area (Å²) in [6.45, 7) is 8.36. The summed E-state index contributed by atoms with van der Waals surface area (Å²) in [6.07, 6.45) is 4.25. The zero-order valence-corrected chi connectivity index (χ0v) is 11.7. The van der Waals surface area contributed by atoms with Crippen LogP contribution in [0.1, 0.15) is 26.7 Å². The summed E-state index contributed by atoms with van der Waals surface area (Å²) in [5.74, 6) is 1.67. The molecule has 2 aliphatic rings. The molecule has 0 N–H and O–H groups in total. The van der Waals surface area contributed by atoms with Crippen LogP contribution in [-0.2, 0) is 0 Å². The summed E-state index contributed by atoms with van der Waals surface area (Å²) in [7, 11) is 0. The van der Waals surface area contributed by atoms with E-state index in [-0.39, 0.29) is 0 Å². The molecule has 0 amide bonds. The number of nitrogens with zero attached hydrogens (tertiary/aromatic N) is 4. The summed E-state index contributed by atoms with van der Waals surface area (Å²) >= 11 is 0. The van der Waals surface area contributed by atoms with E-state index < -0.39 is 0 Å². The Kier molecular flexibility index (Phi) is 3.55. The minimum atomic E-state index is 0.499. The van der Waals surface area contributed by atoms with Crippen LogP contribution in [0.15, 0.2) is 12.4 Å². The zero-order valence-electron chi connectivity index (χ0n) is 11.7. The van der Waals surface area contributed by atoms with Crippen LogP contribution in [0.4, 0.5) is 5.82 Å². The van der Waals surface area contributed by atoms with Crippen LogP contribution in [0, 0.1) is 0 Å². The van der Waals surface area contributed by atoms with Crippen LogP contribution in [0.2, 0.25) is 0 Å². The fourth-order valence-electron chi connectivity index (χ4n) is 3.22. The van der Waals surface area contributed by atoms with Crippen LogP contribution in [0.5, 0.6) is 5.88 Å².